The highest BCUT2D eigenvalue weighted by Gasteiger charge is 2.36. The molecule has 1 aliphatic rings. The summed E-state index contributed by atoms with van der Waals surface area (Å²) in [5.74, 6) is 0.290. The van der Waals surface area contributed by atoms with Gasteiger partial charge in [0.2, 0.25) is 5.91 Å². The van der Waals surface area contributed by atoms with Gasteiger partial charge >= 0.3 is 0 Å². The molecule has 1 saturated heterocycles. The lowest BCUT2D eigenvalue weighted by atomic mass is 9.93. The van der Waals surface area contributed by atoms with Gasteiger partial charge in [0.25, 0.3) is 0 Å². The molecule has 1 aliphatic heterocycles. The number of likely N-dealkylation sites (tertiary alicyclic amines) is 1. The van der Waals surface area contributed by atoms with E-state index in [1.165, 1.54) is 16.7 Å². The lowest BCUT2D eigenvalue weighted by molar-refractivity contribution is -0.130. The molecule has 2 aromatic carbocycles. The van der Waals surface area contributed by atoms with Gasteiger partial charge in [-0.15, -0.1) is 0 Å². The van der Waals surface area contributed by atoms with E-state index >= 15 is 0 Å². The summed E-state index contributed by atoms with van der Waals surface area (Å²) in [6, 6.07) is 18.7. The van der Waals surface area contributed by atoms with Crippen molar-refractivity contribution >= 4 is 5.91 Å². The minimum absolute atomic E-state index is 0.0253. The molecule has 2 aromatic rings. The van der Waals surface area contributed by atoms with E-state index in [0.29, 0.717) is 0 Å². The Balaban J connectivity index is 1.83. The molecular weight excluding hydrogens is 258 g/mol. The van der Waals surface area contributed by atoms with Gasteiger partial charge in [0.15, 0.2) is 0 Å². The minimum atomic E-state index is 0.0253. The molecule has 1 amide bonds. The Morgan fingerprint density at radius 1 is 1.05 bits per heavy atom. The van der Waals surface area contributed by atoms with Crippen molar-refractivity contribution in [2.45, 2.75) is 32.2 Å². The third-order valence-electron chi connectivity index (χ3n) is 4.55. The van der Waals surface area contributed by atoms with Crippen LogP contribution in [0.15, 0.2) is 54.6 Å². The topological polar surface area (TPSA) is 20.3 Å². The summed E-state index contributed by atoms with van der Waals surface area (Å²) in [5, 5.41) is 0. The lowest BCUT2D eigenvalue weighted by Gasteiger charge is -2.25. The van der Waals surface area contributed by atoms with Gasteiger partial charge in [-0.25, -0.2) is 0 Å². The molecular formula is C19H21NO. The fourth-order valence-corrected chi connectivity index (χ4v) is 3.26. The SMILES string of the molecule is Cc1ccccc1C1CCN([C@@H](C)c2ccccc2)C1=O. The monoisotopic (exact) mass is 279 g/mol. The van der Waals surface area contributed by atoms with Crippen LogP contribution in [0, 0.1) is 6.92 Å². The highest BCUT2D eigenvalue weighted by Crippen LogP contribution is 2.35. The maximum Gasteiger partial charge on any atom is 0.230 e. The van der Waals surface area contributed by atoms with Gasteiger partial charge in [-0.05, 0) is 37.0 Å². The van der Waals surface area contributed by atoms with Crippen molar-refractivity contribution in [2.75, 3.05) is 6.54 Å². The number of rotatable bonds is 3. The summed E-state index contributed by atoms with van der Waals surface area (Å²) in [6.45, 7) is 5.05. The predicted molar refractivity (Wildman–Crippen MR) is 85.1 cm³/mol. The Morgan fingerprint density at radius 3 is 2.43 bits per heavy atom. The zero-order valence-electron chi connectivity index (χ0n) is 12.6. The number of amides is 1. The van der Waals surface area contributed by atoms with E-state index < -0.39 is 0 Å². The fraction of sp³-hybridized carbons (Fsp3) is 0.316. The number of hydrogen-bond donors (Lipinski definition) is 0. The molecule has 0 aromatic heterocycles. The molecule has 3 rings (SSSR count). The first-order valence-electron chi connectivity index (χ1n) is 7.59. The number of hydrogen-bond acceptors (Lipinski definition) is 1. The molecule has 2 atom stereocenters. The van der Waals surface area contributed by atoms with Crippen LogP contribution in [-0.4, -0.2) is 17.4 Å². The van der Waals surface area contributed by atoms with Gasteiger partial charge in [-0.2, -0.15) is 0 Å². The van der Waals surface area contributed by atoms with Crippen LogP contribution in [0.25, 0.3) is 0 Å². The smallest absolute Gasteiger partial charge is 0.230 e. The number of carbonyl (C=O) groups is 1. The zero-order chi connectivity index (χ0) is 14.8. The largest absolute Gasteiger partial charge is 0.335 e. The first-order chi connectivity index (χ1) is 10.2. The quantitative estimate of drug-likeness (QED) is 0.829. The summed E-state index contributed by atoms with van der Waals surface area (Å²) in [4.78, 5) is 14.8. The third-order valence-corrected chi connectivity index (χ3v) is 4.55. The zero-order valence-corrected chi connectivity index (χ0v) is 12.6. The number of carbonyl (C=O) groups excluding carboxylic acids is 1. The summed E-state index contributed by atoms with van der Waals surface area (Å²) in [5.41, 5.74) is 3.60. The van der Waals surface area contributed by atoms with Crippen LogP contribution in [0.2, 0.25) is 0 Å². The molecule has 1 fully saturated rings. The molecule has 0 bridgehead atoms. The number of benzene rings is 2. The maximum absolute atomic E-state index is 12.8. The van der Waals surface area contributed by atoms with Crippen LogP contribution in [0.3, 0.4) is 0 Å². The van der Waals surface area contributed by atoms with Gasteiger partial charge in [0.1, 0.15) is 0 Å². The molecule has 21 heavy (non-hydrogen) atoms. The first-order valence-corrected chi connectivity index (χ1v) is 7.59. The molecule has 1 heterocycles. The van der Waals surface area contributed by atoms with Crippen LogP contribution in [0.4, 0.5) is 0 Å². The first kappa shape index (κ1) is 13.9. The van der Waals surface area contributed by atoms with Gasteiger partial charge < -0.3 is 4.90 Å². The number of nitrogens with zero attached hydrogens (tertiary/aromatic N) is 1. The Hall–Kier alpha value is -2.09. The van der Waals surface area contributed by atoms with E-state index in [1.807, 2.05) is 35.2 Å². The predicted octanol–water partition coefficient (Wildman–Crippen LogP) is 4.07. The second-order valence-electron chi connectivity index (χ2n) is 5.82. The summed E-state index contributed by atoms with van der Waals surface area (Å²) in [6.07, 6.45) is 0.918. The highest BCUT2D eigenvalue weighted by molar-refractivity contribution is 5.86. The molecule has 0 saturated carbocycles. The molecule has 0 N–H and O–H groups in total. The second-order valence-corrected chi connectivity index (χ2v) is 5.82. The fourth-order valence-electron chi connectivity index (χ4n) is 3.26. The Labute approximate surface area is 126 Å². The van der Waals surface area contributed by atoms with E-state index in [0.717, 1.165) is 13.0 Å². The molecule has 108 valence electrons. The summed E-state index contributed by atoms with van der Waals surface area (Å²) < 4.78 is 0. The van der Waals surface area contributed by atoms with Crippen LogP contribution in [-0.2, 0) is 4.79 Å². The maximum atomic E-state index is 12.8. The highest BCUT2D eigenvalue weighted by atomic mass is 16.2. The van der Waals surface area contributed by atoms with Gasteiger partial charge in [0.05, 0.1) is 12.0 Å². The van der Waals surface area contributed by atoms with Crippen LogP contribution < -0.4 is 0 Å². The van der Waals surface area contributed by atoms with Crippen LogP contribution in [0.5, 0.6) is 0 Å². The van der Waals surface area contributed by atoms with Crippen molar-refractivity contribution in [3.05, 3.63) is 71.3 Å². The molecule has 1 unspecified atom stereocenters. The van der Waals surface area contributed by atoms with Crippen molar-refractivity contribution in [1.82, 2.24) is 4.90 Å². The van der Waals surface area contributed by atoms with Crippen molar-refractivity contribution in [3.8, 4) is 0 Å². The summed E-state index contributed by atoms with van der Waals surface area (Å²) >= 11 is 0. The van der Waals surface area contributed by atoms with E-state index in [9.17, 15) is 4.79 Å². The van der Waals surface area contributed by atoms with E-state index in [-0.39, 0.29) is 17.9 Å². The summed E-state index contributed by atoms with van der Waals surface area (Å²) in [7, 11) is 0. The van der Waals surface area contributed by atoms with Gasteiger partial charge in [-0.1, -0.05) is 54.6 Å². The average molecular weight is 279 g/mol. The standard InChI is InChI=1S/C19H21NO/c1-14-8-6-7-11-17(14)18-12-13-20(19(18)21)15(2)16-9-4-3-5-10-16/h3-11,15,18H,12-13H2,1-2H3/t15-,18?/m0/s1. The normalized spacial score (nSPS) is 19.8. The van der Waals surface area contributed by atoms with E-state index in [1.54, 1.807) is 0 Å². The van der Waals surface area contributed by atoms with Crippen molar-refractivity contribution < 1.29 is 4.79 Å². The van der Waals surface area contributed by atoms with Crippen LogP contribution >= 0.6 is 0 Å². The Kier molecular flexibility index (Phi) is 3.78. The van der Waals surface area contributed by atoms with Gasteiger partial charge in [0, 0.05) is 6.54 Å². The molecule has 0 spiro atoms. The second kappa shape index (κ2) is 5.72. The Morgan fingerprint density at radius 2 is 1.71 bits per heavy atom. The van der Waals surface area contributed by atoms with E-state index in [4.69, 9.17) is 0 Å². The molecule has 2 nitrogen and oxygen atoms in total. The van der Waals surface area contributed by atoms with Crippen molar-refractivity contribution in [3.63, 3.8) is 0 Å². The number of aryl methyl sites for hydroxylation is 1. The van der Waals surface area contributed by atoms with Crippen LogP contribution in [0.1, 0.15) is 42.0 Å². The molecule has 0 radical (unpaired) electrons. The molecule has 0 aliphatic carbocycles. The third kappa shape index (κ3) is 2.58. The van der Waals surface area contributed by atoms with E-state index in [2.05, 4.69) is 38.1 Å². The van der Waals surface area contributed by atoms with Crippen molar-refractivity contribution in [2.24, 2.45) is 0 Å². The van der Waals surface area contributed by atoms with Gasteiger partial charge in [-0.3, -0.25) is 4.79 Å². The minimum Gasteiger partial charge on any atom is -0.335 e. The average Bonchev–Trinajstić information content (AvgIpc) is 2.89. The molecule has 2 heteroatoms. The van der Waals surface area contributed by atoms with Crippen molar-refractivity contribution in [1.29, 1.82) is 0 Å². The Bertz CT molecular complexity index is 635. The lowest BCUT2D eigenvalue weighted by Crippen LogP contribution is -2.29.